The molecule has 1 amide bonds. The van der Waals surface area contributed by atoms with Crippen LogP contribution in [0.5, 0.6) is 11.5 Å². The molecule has 0 saturated heterocycles. The second-order valence-electron chi connectivity index (χ2n) is 9.95. The van der Waals surface area contributed by atoms with E-state index in [-0.39, 0.29) is 24.7 Å². The van der Waals surface area contributed by atoms with Gasteiger partial charge >= 0.3 is 5.91 Å². The van der Waals surface area contributed by atoms with Gasteiger partial charge in [-0.15, -0.1) is 0 Å². The van der Waals surface area contributed by atoms with E-state index in [0.29, 0.717) is 22.8 Å². The first kappa shape index (κ1) is 28.9. The van der Waals surface area contributed by atoms with E-state index in [4.69, 9.17) is 13.9 Å². The summed E-state index contributed by atoms with van der Waals surface area (Å²) in [5.41, 5.74) is 8.00. The number of carbonyl (C=O) groups excluding carboxylic acids is 1. The number of nitro benzene ring substituents is 1. The molecule has 0 unspecified atom stereocenters. The quantitative estimate of drug-likeness (QED) is 0.104. The largest absolute Gasteiger partial charge is 0.488 e. The first-order valence-corrected chi connectivity index (χ1v) is 13.5. The number of aromatic nitrogens is 1. The van der Waals surface area contributed by atoms with Crippen molar-refractivity contribution >= 4 is 17.8 Å². The summed E-state index contributed by atoms with van der Waals surface area (Å²) in [6, 6.07) is 27.1. The van der Waals surface area contributed by atoms with Crippen LogP contribution in [-0.2, 0) is 13.2 Å². The molecule has 0 aliphatic heterocycles. The SMILES string of the molecule is Cc1ccc(COc2ccc([N+](=O)[O-])cc2/C=N/NC(=O)c2ccc(COc3ccc(-n4c(C)ccc4C)cc3)o2)cc1. The van der Waals surface area contributed by atoms with Gasteiger partial charge in [0.1, 0.15) is 30.5 Å². The van der Waals surface area contributed by atoms with Crippen molar-refractivity contribution in [3.63, 3.8) is 0 Å². The molecule has 2 heterocycles. The summed E-state index contributed by atoms with van der Waals surface area (Å²) in [5.74, 6) is 0.959. The monoisotopic (exact) mass is 578 g/mol. The van der Waals surface area contributed by atoms with Crippen LogP contribution >= 0.6 is 0 Å². The molecule has 0 atom stereocenters. The molecule has 43 heavy (non-hydrogen) atoms. The van der Waals surface area contributed by atoms with E-state index in [1.807, 2.05) is 55.5 Å². The Morgan fingerprint density at radius 1 is 0.907 bits per heavy atom. The fraction of sp³-hybridized carbons (Fsp3) is 0.152. The van der Waals surface area contributed by atoms with Crippen molar-refractivity contribution in [2.24, 2.45) is 5.10 Å². The van der Waals surface area contributed by atoms with Gasteiger partial charge < -0.3 is 18.5 Å². The lowest BCUT2D eigenvalue weighted by Gasteiger charge is -2.10. The first-order chi connectivity index (χ1) is 20.8. The molecule has 10 heteroatoms. The van der Waals surface area contributed by atoms with Gasteiger partial charge in [-0.1, -0.05) is 29.8 Å². The average molecular weight is 579 g/mol. The first-order valence-electron chi connectivity index (χ1n) is 13.5. The van der Waals surface area contributed by atoms with Crippen molar-refractivity contribution in [3.8, 4) is 17.2 Å². The number of hydrazone groups is 1. The standard InChI is InChI=1S/C33H30N4O6/c1-22-4-8-25(9-5-22)20-42-31-16-12-28(37(39)40)18-26(31)19-34-35-33(38)32-17-15-30(43-32)21-41-29-13-10-27(11-14-29)36-23(2)6-7-24(36)3/h4-19H,20-21H2,1-3H3,(H,35,38)/b34-19+. The topological polar surface area (TPSA) is 121 Å². The number of aryl methyl sites for hydroxylation is 3. The lowest BCUT2D eigenvalue weighted by Crippen LogP contribution is -2.17. The summed E-state index contributed by atoms with van der Waals surface area (Å²) in [5, 5.41) is 15.3. The van der Waals surface area contributed by atoms with Crippen molar-refractivity contribution in [3.05, 3.63) is 141 Å². The van der Waals surface area contributed by atoms with Crippen LogP contribution in [0.15, 0.2) is 101 Å². The molecule has 218 valence electrons. The zero-order valence-corrected chi connectivity index (χ0v) is 23.9. The van der Waals surface area contributed by atoms with Gasteiger partial charge in [-0.25, -0.2) is 5.43 Å². The minimum atomic E-state index is -0.586. The average Bonchev–Trinajstić information content (AvgIpc) is 3.62. The number of hydrogen-bond acceptors (Lipinski definition) is 7. The molecule has 5 aromatic rings. The molecule has 0 aliphatic carbocycles. The lowest BCUT2D eigenvalue weighted by molar-refractivity contribution is -0.384. The van der Waals surface area contributed by atoms with Gasteiger partial charge in [-0.05, 0) is 80.9 Å². The highest BCUT2D eigenvalue weighted by Crippen LogP contribution is 2.24. The molecule has 2 aromatic heterocycles. The summed E-state index contributed by atoms with van der Waals surface area (Å²) in [6.45, 7) is 6.50. The number of ether oxygens (including phenoxy) is 2. The third kappa shape index (κ3) is 7.17. The molecular formula is C33H30N4O6. The van der Waals surface area contributed by atoms with Gasteiger partial charge in [0.25, 0.3) is 5.69 Å². The van der Waals surface area contributed by atoms with Gasteiger partial charge in [0.05, 0.1) is 11.1 Å². The Balaban J connectivity index is 1.18. The number of nitrogens with one attached hydrogen (secondary N) is 1. The minimum Gasteiger partial charge on any atom is -0.488 e. The van der Waals surface area contributed by atoms with Gasteiger partial charge in [-0.3, -0.25) is 14.9 Å². The van der Waals surface area contributed by atoms with Gasteiger partial charge in [0, 0.05) is 34.8 Å². The summed E-state index contributed by atoms with van der Waals surface area (Å²) in [7, 11) is 0. The van der Waals surface area contributed by atoms with Crippen molar-refractivity contribution < 1.29 is 23.6 Å². The Morgan fingerprint density at radius 3 is 2.33 bits per heavy atom. The predicted molar refractivity (Wildman–Crippen MR) is 162 cm³/mol. The predicted octanol–water partition coefficient (Wildman–Crippen LogP) is 6.83. The Kier molecular flexibility index (Phi) is 8.66. The van der Waals surface area contributed by atoms with Crippen molar-refractivity contribution in [1.29, 1.82) is 0 Å². The van der Waals surface area contributed by atoms with E-state index in [2.05, 4.69) is 41.1 Å². The number of non-ortho nitro benzene ring substituents is 1. The molecule has 0 bridgehead atoms. The smallest absolute Gasteiger partial charge is 0.307 e. The summed E-state index contributed by atoms with van der Waals surface area (Å²) in [6.07, 6.45) is 1.29. The van der Waals surface area contributed by atoms with Crippen LogP contribution in [0.1, 0.15) is 44.4 Å². The number of amides is 1. The molecule has 0 spiro atoms. The van der Waals surface area contributed by atoms with Crippen LogP contribution < -0.4 is 14.9 Å². The second kappa shape index (κ2) is 12.9. The number of nitro groups is 1. The molecule has 3 aromatic carbocycles. The van der Waals surface area contributed by atoms with E-state index in [9.17, 15) is 14.9 Å². The number of furan rings is 1. The van der Waals surface area contributed by atoms with E-state index in [1.54, 1.807) is 6.07 Å². The van der Waals surface area contributed by atoms with E-state index in [1.165, 1.54) is 30.5 Å². The number of carbonyl (C=O) groups is 1. The highest BCUT2D eigenvalue weighted by molar-refractivity contribution is 5.93. The number of rotatable bonds is 11. The van der Waals surface area contributed by atoms with Crippen molar-refractivity contribution in [1.82, 2.24) is 9.99 Å². The highest BCUT2D eigenvalue weighted by Gasteiger charge is 2.13. The minimum absolute atomic E-state index is 0.0412. The number of nitrogens with zero attached hydrogens (tertiary/aromatic N) is 3. The van der Waals surface area contributed by atoms with Crippen LogP contribution in [-0.4, -0.2) is 21.6 Å². The zero-order valence-electron chi connectivity index (χ0n) is 23.9. The van der Waals surface area contributed by atoms with Crippen molar-refractivity contribution in [2.75, 3.05) is 0 Å². The normalized spacial score (nSPS) is 11.0. The molecule has 0 fully saturated rings. The summed E-state index contributed by atoms with van der Waals surface area (Å²) < 4.78 is 19.5. The molecule has 0 radical (unpaired) electrons. The van der Waals surface area contributed by atoms with Crippen LogP contribution in [0, 0.1) is 30.9 Å². The molecule has 5 rings (SSSR count). The zero-order chi connectivity index (χ0) is 30.3. The second-order valence-corrected chi connectivity index (χ2v) is 9.95. The van der Waals surface area contributed by atoms with Crippen LogP contribution in [0.4, 0.5) is 5.69 Å². The molecule has 10 nitrogen and oxygen atoms in total. The molecule has 0 aliphatic rings. The van der Waals surface area contributed by atoms with E-state index < -0.39 is 10.8 Å². The molecule has 1 N–H and O–H groups in total. The lowest BCUT2D eigenvalue weighted by atomic mass is 10.1. The van der Waals surface area contributed by atoms with Gasteiger partial charge in [-0.2, -0.15) is 5.10 Å². The van der Waals surface area contributed by atoms with Crippen LogP contribution in [0.25, 0.3) is 5.69 Å². The van der Waals surface area contributed by atoms with E-state index >= 15 is 0 Å². The van der Waals surface area contributed by atoms with Crippen LogP contribution in [0.3, 0.4) is 0 Å². The number of hydrogen-bond donors (Lipinski definition) is 1. The molecular weight excluding hydrogens is 548 g/mol. The van der Waals surface area contributed by atoms with E-state index in [0.717, 1.165) is 28.2 Å². The maximum atomic E-state index is 12.6. The maximum Gasteiger partial charge on any atom is 0.307 e. The molecule has 0 saturated carbocycles. The maximum absolute atomic E-state index is 12.6. The highest BCUT2D eigenvalue weighted by atomic mass is 16.6. The Bertz CT molecular complexity index is 1750. The van der Waals surface area contributed by atoms with Crippen LogP contribution in [0.2, 0.25) is 0 Å². The fourth-order valence-electron chi connectivity index (χ4n) is 4.44. The van der Waals surface area contributed by atoms with Crippen molar-refractivity contribution in [2.45, 2.75) is 34.0 Å². The number of benzene rings is 3. The third-order valence-electron chi connectivity index (χ3n) is 6.72. The Morgan fingerprint density at radius 2 is 1.63 bits per heavy atom. The fourth-order valence-corrected chi connectivity index (χ4v) is 4.44. The van der Waals surface area contributed by atoms with Gasteiger partial charge in [0.15, 0.2) is 5.76 Å². The summed E-state index contributed by atoms with van der Waals surface area (Å²) >= 11 is 0. The van der Waals surface area contributed by atoms with Gasteiger partial charge in [0.2, 0.25) is 0 Å². The Labute approximate surface area is 248 Å². The summed E-state index contributed by atoms with van der Waals surface area (Å²) in [4.78, 5) is 23.4. The third-order valence-corrected chi connectivity index (χ3v) is 6.72. The Hall–Kier alpha value is -5.64.